The molecule has 0 bridgehead atoms. The number of alkyl halides is 6. The lowest BCUT2D eigenvalue weighted by Crippen LogP contribution is -2.30. The van der Waals surface area contributed by atoms with Crippen molar-refractivity contribution in [1.82, 2.24) is 0 Å². The van der Waals surface area contributed by atoms with E-state index in [-0.39, 0.29) is 0 Å². The molecule has 0 aliphatic heterocycles. The molecule has 0 unspecified atom stereocenters. The van der Waals surface area contributed by atoms with Crippen LogP contribution in [0, 0.1) is 0 Å². The molecule has 64 valence electrons. The maximum Gasteiger partial charge on any atom is 0.487 e. The van der Waals surface area contributed by atoms with Gasteiger partial charge in [-0.2, -0.15) is 26.3 Å². The summed E-state index contributed by atoms with van der Waals surface area (Å²) in [5, 5.41) is 0. The second-order valence-electron chi connectivity index (χ2n) is 0.996. The van der Waals surface area contributed by atoms with E-state index in [0.717, 1.165) is 0 Å². The van der Waals surface area contributed by atoms with Gasteiger partial charge in [-0.1, -0.05) is 13.8 Å². The Hall–Kier alpha value is -0.420. The molecule has 0 aliphatic rings. The fraction of sp³-hybridized carbons (Fsp3) is 1.00. The summed E-state index contributed by atoms with van der Waals surface area (Å²) < 4.78 is 62.6. The molecule has 0 nitrogen and oxygen atoms in total. The summed E-state index contributed by atoms with van der Waals surface area (Å²) in [7, 11) is 0. The van der Waals surface area contributed by atoms with Gasteiger partial charge >= 0.3 is 12.4 Å². The molecule has 0 radical (unpaired) electrons. The molecule has 0 aromatic heterocycles. The molecule has 0 heterocycles. The van der Waals surface area contributed by atoms with Crippen molar-refractivity contribution in [2.45, 2.75) is 26.2 Å². The Kier molecular flexibility index (Phi) is 4.51. The molecule has 10 heavy (non-hydrogen) atoms. The molecule has 6 heteroatoms. The molecule has 0 spiro atoms. The van der Waals surface area contributed by atoms with Crippen molar-refractivity contribution in [3.05, 3.63) is 0 Å². The third-order valence-corrected chi connectivity index (χ3v) is 0.321. The van der Waals surface area contributed by atoms with Gasteiger partial charge in [0.05, 0.1) is 0 Å². The average Bonchev–Trinajstić information content (AvgIpc) is 1.66. The second-order valence-corrected chi connectivity index (χ2v) is 0.996. The molecule has 0 atom stereocenters. The molecule has 0 aliphatic carbocycles. The predicted molar refractivity (Wildman–Crippen MR) is 23.5 cm³/mol. The van der Waals surface area contributed by atoms with Crippen LogP contribution in [0.25, 0.3) is 0 Å². The highest BCUT2D eigenvalue weighted by molar-refractivity contribution is 4.59. The first kappa shape index (κ1) is 12.3. The highest BCUT2D eigenvalue weighted by Crippen LogP contribution is 2.35. The van der Waals surface area contributed by atoms with Gasteiger partial charge in [0.15, 0.2) is 0 Å². The van der Waals surface area contributed by atoms with E-state index in [4.69, 9.17) is 0 Å². The molecular weight excluding hydrogens is 162 g/mol. The van der Waals surface area contributed by atoms with E-state index in [1.807, 2.05) is 13.8 Å². The van der Waals surface area contributed by atoms with Crippen LogP contribution in [-0.2, 0) is 0 Å². The third-order valence-electron chi connectivity index (χ3n) is 0.321. The Morgan fingerprint density at radius 3 is 0.700 bits per heavy atom. The van der Waals surface area contributed by atoms with E-state index in [0.29, 0.717) is 0 Å². The number of hydrogen-bond donors (Lipinski definition) is 0. The van der Waals surface area contributed by atoms with Crippen molar-refractivity contribution in [1.29, 1.82) is 0 Å². The number of halogens is 6. The van der Waals surface area contributed by atoms with Crippen LogP contribution in [0.4, 0.5) is 26.3 Å². The Morgan fingerprint density at radius 1 is 0.600 bits per heavy atom. The summed E-state index contributed by atoms with van der Waals surface area (Å²) in [5.74, 6) is 0. The van der Waals surface area contributed by atoms with Crippen LogP contribution in [-0.4, -0.2) is 12.4 Å². The van der Waals surface area contributed by atoms with Crippen LogP contribution < -0.4 is 0 Å². The highest BCUT2D eigenvalue weighted by atomic mass is 19.5. The Bertz CT molecular complexity index is 64.7. The fourth-order valence-corrected chi connectivity index (χ4v) is 0. The summed E-state index contributed by atoms with van der Waals surface area (Å²) in [6.07, 6.45) is -12.1. The van der Waals surface area contributed by atoms with E-state index in [1.54, 1.807) is 0 Å². The first-order valence-corrected chi connectivity index (χ1v) is 2.38. The van der Waals surface area contributed by atoms with Gasteiger partial charge in [0.1, 0.15) is 0 Å². The molecule has 0 aromatic carbocycles. The molecule has 0 rings (SSSR count). The molecule has 0 saturated heterocycles. The summed E-state index contributed by atoms with van der Waals surface area (Å²) in [6, 6.07) is 0. The number of rotatable bonds is 0. The fourth-order valence-electron chi connectivity index (χ4n) is 0. The van der Waals surface area contributed by atoms with Crippen LogP contribution >= 0.6 is 0 Å². The van der Waals surface area contributed by atoms with Crippen LogP contribution in [0.3, 0.4) is 0 Å². The van der Waals surface area contributed by atoms with Gasteiger partial charge in [-0.25, -0.2) is 0 Å². The monoisotopic (exact) mass is 168 g/mol. The van der Waals surface area contributed by atoms with Crippen LogP contribution in [0.15, 0.2) is 0 Å². The van der Waals surface area contributed by atoms with Crippen molar-refractivity contribution in [3.63, 3.8) is 0 Å². The third kappa shape index (κ3) is 4.46. The maximum absolute atomic E-state index is 10.4. The van der Waals surface area contributed by atoms with E-state index in [1.165, 1.54) is 0 Å². The molecule has 0 fully saturated rings. The van der Waals surface area contributed by atoms with Gasteiger partial charge in [-0.15, -0.1) is 0 Å². The average molecular weight is 168 g/mol. The zero-order chi connectivity index (χ0) is 9.00. The van der Waals surface area contributed by atoms with Gasteiger partial charge in [0, 0.05) is 0 Å². The summed E-state index contributed by atoms with van der Waals surface area (Å²) in [6.45, 7) is 4.00. The summed E-state index contributed by atoms with van der Waals surface area (Å²) in [5.41, 5.74) is 0. The second kappa shape index (κ2) is 3.68. The van der Waals surface area contributed by atoms with E-state index >= 15 is 0 Å². The number of hydrogen-bond acceptors (Lipinski definition) is 0. The first-order valence-electron chi connectivity index (χ1n) is 2.38. The molecule has 0 N–H and O–H groups in total. The van der Waals surface area contributed by atoms with Crippen LogP contribution in [0.1, 0.15) is 13.8 Å². The topological polar surface area (TPSA) is 0 Å². The highest BCUT2D eigenvalue weighted by Gasteiger charge is 2.58. The van der Waals surface area contributed by atoms with Crippen molar-refractivity contribution >= 4 is 0 Å². The van der Waals surface area contributed by atoms with E-state index in [9.17, 15) is 26.3 Å². The van der Waals surface area contributed by atoms with Gasteiger partial charge in [0.2, 0.25) is 0 Å². The predicted octanol–water partition coefficient (Wildman–Crippen LogP) is 3.14. The minimum Gasteiger partial charge on any atom is -0.162 e. The molecule has 0 saturated carbocycles. The smallest absolute Gasteiger partial charge is 0.162 e. The van der Waals surface area contributed by atoms with Crippen molar-refractivity contribution < 1.29 is 26.3 Å². The van der Waals surface area contributed by atoms with Crippen molar-refractivity contribution in [2.24, 2.45) is 0 Å². The first-order chi connectivity index (χ1) is 4.25. The van der Waals surface area contributed by atoms with E-state index in [2.05, 4.69) is 0 Å². The largest absolute Gasteiger partial charge is 0.487 e. The lowest BCUT2D eigenvalue weighted by molar-refractivity contribution is -0.339. The van der Waals surface area contributed by atoms with Gasteiger partial charge in [-0.3, -0.25) is 0 Å². The van der Waals surface area contributed by atoms with Gasteiger partial charge in [-0.05, 0) is 0 Å². The zero-order valence-corrected chi connectivity index (χ0v) is 5.27. The van der Waals surface area contributed by atoms with E-state index < -0.39 is 12.4 Å². The minimum absolute atomic E-state index is 2.00. The van der Waals surface area contributed by atoms with Crippen LogP contribution in [0.5, 0.6) is 0 Å². The molecular formula is C4H6F6. The molecule has 0 aromatic rings. The van der Waals surface area contributed by atoms with Crippen molar-refractivity contribution in [2.75, 3.05) is 0 Å². The SMILES string of the molecule is CC.FC(F)(F)C(F)(F)F. The standard InChI is InChI=1S/C2F6.C2H6/c3-1(4,5)2(6,7)8;1-2/h;1-2H3. The van der Waals surface area contributed by atoms with Gasteiger partial charge < -0.3 is 0 Å². The van der Waals surface area contributed by atoms with Crippen LogP contribution in [0.2, 0.25) is 0 Å². The van der Waals surface area contributed by atoms with Gasteiger partial charge in [0.25, 0.3) is 0 Å². The Balaban J connectivity index is 0. The minimum atomic E-state index is -6.06. The Labute approximate surface area is 53.8 Å². The molecule has 0 amide bonds. The van der Waals surface area contributed by atoms with Crippen molar-refractivity contribution in [3.8, 4) is 0 Å². The lowest BCUT2D eigenvalue weighted by atomic mass is 10.7. The summed E-state index contributed by atoms with van der Waals surface area (Å²) >= 11 is 0. The maximum atomic E-state index is 10.4. The quantitative estimate of drug-likeness (QED) is 0.487. The Morgan fingerprint density at radius 2 is 0.700 bits per heavy atom. The normalized spacial score (nSPS) is 12.0. The zero-order valence-electron chi connectivity index (χ0n) is 5.27. The summed E-state index contributed by atoms with van der Waals surface area (Å²) in [4.78, 5) is 0. The lowest BCUT2D eigenvalue weighted by Gasteiger charge is -2.08.